The van der Waals surface area contributed by atoms with E-state index in [9.17, 15) is 14.9 Å². The van der Waals surface area contributed by atoms with Crippen molar-refractivity contribution in [3.05, 3.63) is 38.3 Å². The summed E-state index contributed by atoms with van der Waals surface area (Å²) in [4.78, 5) is 22.1. The molecule has 1 amide bonds. The normalized spacial score (nSPS) is 18.3. The van der Waals surface area contributed by atoms with Crippen molar-refractivity contribution in [1.82, 2.24) is 5.32 Å². The third kappa shape index (κ3) is 3.51. The number of hydrogen-bond donors (Lipinski definition) is 1. The molecule has 1 aliphatic rings. The van der Waals surface area contributed by atoms with Crippen LogP contribution in [0.1, 0.15) is 23.2 Å². The molecular weight excluding hydrogens is 316 g/mol. The number of ether oxygens (including phenoxy) is 1. The molecular formula is C12H13BrN2O4. The third-order valence-corrected chi connectivity index (χ3v) is 3.59. The van der Waals surface area contributed by atoms with E-state index in [-0.39, 0.29) is 23.3 Å². The number of halogens is 1. The van der Waals surface area contributed by atoms with E-state index < -0.39 is 4.92 Å². The van der Waals surface area contributed by atoms with Crippen LogP contribution in [0.5, 0.6) is 0 Å². The van der Waals surface area contributed by atoms with Crippen molar-refractivity contribution >= 4 is 27.5 Å². The van der Waals surface area contributed by atoms with E-state index in [4.69, 9.17) is 4.74 Å². The van der Waals surface area contributed by atoms with Crippen molar-refractivity contribution in [2.45, 2.75) is 18.9 Å². The maximum atomic E-state index is 11.9. The van der Waals surface area contributed by atoms with Crippen LogP contribution >= 0.6 is 15.9 Å². The van der Waals surface area contributed by atoms with Gasteiger partial charge in [-0.15, -0.1) is 0 Å². The van der Waals surface area contributed by atoms with Gasteiger partial charge in [0.1, 0.15) is 0 Å². The summed E-state index contributed by atoms with van der Waals surface area (Å²) in [6.45, 7) is 1.16. The number of nitro benzene ring substituents is 1. The lowest BCUT2D eigenvalue weighted by Gasteiger charge is -2.10. The summed E-state index contributed by atoms with van der Waals surface area (Å²) in [6.07, 6.45) is 1.99. The summed E-state index contributed by atoms with van der Waals surface area (Å²) in [6, 6.07) is 4.30. The van der Waals surface area contributed by atoms with Crippen molar-refractivity contribution in [2.75, 3.05) is 13.2 Å². The number of carbonyl (C=O) groups is 1. The van der Waals surface area contributed by atoms with Crippen molar-refractivity contribution in [2.24, 2.45) is 0 Å². The number of benzene rings is 1. The molecule has 1 N–H and O–H groups in total. The molecule has 1 fully saturated rings. The van der Waals surface area contributed by atoms with E-state index in [1.807, 2.05) is 0 Å². The highest BCUT2D eigenvalue weighted by molar-refractivity contribution is 9.10. The molecule has 0 spiro atoms. The lowest BCUT2D eigenvalue weighted by atomic mass is 10.2. The van der Waals surface area contributed by atoms with Crippen LogP contribution in [0.3, 0.4) is 0 Å². The monoisotopic (exact) mass is 328 g/mol. The van der Waals surface area contributed by atoms with Gasteiger partial charge < -0.3 is 10.1 Å². The minimum Gasteiger partial charge on any atom is -0.376 e. The summed E-state index contributed by atoms with van der Waals surface area (Å²) in [5.41, 5.74) is 0.151. The average Bonchev–Trinajstić information content (AvgIpc) is 2.89. The first kappa shape index (κ1) is 14.0. The molecule has 102 valence electrons. The molecule has 1 aromatic carbocycles. The smallest absolute Gasteiger partial charge is 0.284 e. The van der Waals surface area contributed by atoms with Crippen molar-refractivity contribution < 1.29 is 14.5 Å². The van der Waals surface area contributed by atoms with Gasteiger partial charge >= 0.3 is 0 Å². The molecule has 6 nitrogen and oxygen atoms in total. The quantitative estimate of drug-likeness (QED) is 0.679. The minimum absolute atomic E-state index is 0.0504. The fourth-order valence-electron chi connectivity index (χ4n) is 1.91. The molecule has 7 heteroatoms. The zero-order chi connectivity index (χ0) is 13.8. The molecule has 0 bridgehead atoms. The number of amides is 1. The van der Waals surface area contributed by atoms with E-state index in [0.717, 1.165) is 19.4 Å². The minimum atomic E-state index is -0.527. The maximum absolute atomic E-state index is 11.9. The van der Waals surface area contributed by atoms with Crippen molar-refractivity contribution in [3.8, 4) is 0 Å². The Morgan fingerprint density at radius 3 is 3.00 bits per heavy atom. The van der Waals surface area contributed by atoms with E-state index in [2.05, 4.69) is 21.2 Å². The molecule has 0 radical (unpaired) electrons. The standard InChI is InChI=1S/C12H13BrN2O4/c13-10-4-3-8(6-11(10)15(17)18)12(16)14-7-9-2-1-5-19-9/h3-4,6,9H,1-2,5,7H2,(H,14,16). The van der Waals surface area contributed by atoms with Crippen LogP contribution in [-0.4, -0.2) is 30.1 Å². The molecule has 1 atom stereocenters. The summed E-state index contributed by atoms with van der Waals surface area (Å²) >= 11 is 3.08. The first-order valence-corrected chi connectivity index (χ1v) is 6.71. The van der Waals surface area contributed by atoms with Crippen LogP contribution in [-0.2, 0) is 4.74 Å². The second-order valence-electron chi connectivity index (χ2n) is 4.27. The Kier molecular flexibility index (Phi) is 4.49. The highest BCUT2D eigenvalue weighted by Crippen LogP contribution is 2.25. The largest absolute Gasteiger partial charge is 0.376 e. The molecule has 1 heterocycles. The molecule has 1 saturated heterocycles. The van der Waals surface area contributed by atoms with Crippen LogP contribution < -0.4 is 5.32 Å². The molecule has 19 heavy (non-hydrogen) atoms. The summed E-state index contributed by atoms with van der Waals surface area (Å²) < 4.78 is 5.74. The van der Waals surface area contributed by atoms with Crippen LogP contribution in [0.4, 0.5) is 5.69 Å². The predicted molar refractivity (Wildman–Crippen MR) is 72.1 cm³/mol. The van der Waals surface area contributed by atoms with Crippen LogP contribution in [0, 0.1) is 10.1 Å². The number of nitrogens with one attached hydrogen (secondary N) is 1. The first-order chi connectivity index (χ1) is 9.08. The summed E-state index contributed by atoms with van der Waals surface area (Å²) in [7, 11) is 0. The van der Waals surface area contributed by atoms with E-state index in [1.54, 1.807) is 6.07 Å². The highest BCUT2D eigenvalue weighted by atomic mass is 79.9. The lowest BCUT2D eigenvalue weighted by Crippen LogP contribution is -2.31. The Bertz CT molecular complexity index is 501. The van der Waals surface area contributed by atoms with Gasteiger partial charge in [-0.3, -0.25) is 14.9 Å². The van der Waals surface area contributed by atoms with E-state index >= 15 is 0 Å². The molecule has 0 saturated carbocycles. The Hall–Kier alpha value is -1.47. The van der Waals surface area contributed by atoms with E-state index in [0.29, 0.717) is 11.0 Å². The van der Waals surface area contributed by atoms with Gasteiger partial charge in [-0.05, 0) is 40.9 Å². The van der Waals surface area contributed by atoms with Gasteiger partial charge in [0, 0.05) is 24.8 Å². The zero-order valence-electron chi connectivity index (χ0n) is 10.1. The van der Waals surface area contributed by atoms with Gasteiger partial charge in [0.05, 0.1) is 15.5 Å². The second-order valence-corrected chi connectivity index (χ2v) is 5.12. The van der Waals surface area contributed by atoms with Crippen LogP contribution in [0.2, 0.25) is 0 Å². The van der Waals surface area contributed by atoms with Crippen molar-refractivity contribution in [3.63, 3.8) is 0 Å². The predicted octanol–water partition coefficient (Wildman–Crippen LogP) is 2.27. The van der Waals surface area contributed by atoms with Gasteiger partial charge in [0.15, 0.2) is 0 Å². The molecule has 0 aliphatic carbocycles. The lowest BCUT2D eigenvalue weighted by molar-refractivity contribution is -0.385. The Morgan fingerprint density at radius 2 is 2.37 bits per heavy atom. The maximum Gasteiger partial charge on any atom is 0.284 e. The molecule has 1 aromatic rings. The molecule has 1 aliphatic heterocycles. The molecule has 2 rings (SSSR count). The second kappa shape index (κ2) is 6.12. The number of rotatable bonds is 4. The number of nitro groups is 1. The Balaban J connectivity index is 2.02. The van der Waals surface area contributed by atoms with Gasteiger partial charge in [-0.25, -0.2) is 0 Å². The highest BCUT2D eigenvalue weighted by Gasteiger charge is 2.19. The molecule has 0 aromatic heterocycles. The Labute approximate surface area is 118 Å². The van der Waals surface area contributed by atoms with Gasteiger partial charge in [0.25, 0.3) is 11.6 Å². The van der Waals surface area contributed by atoms with E-state index in [1.165, 1.54) is 12.1 Å². The number of hydrogen-bond acceptors (Lipinski definition) is 4. The SMILES string of the molecule is O=C(NCC1CCCO1)c1ccc(Br)c([N+](=O)[O-])c1. The molecule has 1 unspecified atom stereocenters. The topological polar surface area (TPSA) is 81.5 Å². The number of nitrogens with zero attached hydrogens (tertiary/aromatic N) is 1. The fraction of sp³-hybridized carbons (Fsp3) is 0.417. The zero-order valence-corrected chi connectivity index (χ0v) is 11.7. The third-order valence-electron chi connectivity index (χ3n) is 2.92. The van der Waals surface area contributed by atoms with Crippen LogP contribution in [0.15, 0.2) is 22.7 Å². The van der Waals surface area contributed by atoms with Gasteiger partial charge in [-0.2, -0.15) is 0 Å². The van der Waals surface area contributed by atoms with Crippen LogP contribution in [0.25, 0.3) is 0 Å². The number of carbonyl (C=O) groups excluding carboxylic acids is 1. The fourth-order valence-corrected chi connectivity index (χ4v) is 2.30. The first-order valence-electron chi connectivity index (χ1n) is 5.91. The van der Waals surface area contributed by atoms with Gasteiger partial charge in [0.2, 0.25) is 0 Å². The average molecular weight is 329 g/mol. The summed E-state index contributed by atoms with van der Waals surface area (Å²) in [5.74, 6) is -0.328. The summed E-state index contributed by atoms with van der Waals surface area (Å²) in [5, 5.41) is 13.5. The van der Waals surface area contributed by atoms with Crippen molar-refractivity contribution in [1.29, 1.82) is 0 Å². The Morgan fingerprint density at radius 1 is 1.58 bits per heavy atom. The van der Waals surface area contributed by atoms with Gasteiger partial charge in [-0.1, -0.05) is 0 Å².